The maximum absolute atomic E-state index is 12.3. The Hall–Kier alpha value is -2.63. The average Bonchev–Trinajstić information content (AvgIpc) is 2.60. The first-order chi connectivity index (χ1) is 12.0. The molecule has 1 heterocycles. The van der Waals surface area contributed by atoms with Crippen LogP contribution >= 0.6 is 23.2 Å². The second-order valence-electron chi connectivity index (χ2n) is 5.35. The number of aromatic nitrogens is 1. The van der Waals surface area contributed by atoms with Crippen LogP contribution in [0.2, 0.25) is 10.0 Å². The Morgan fingerprint density at radius 2 is 1.68 bits per heavy atom. The molecule has 126 valence electrons. The Bertz CT molecular complexity index is 944. The van der Waals surface area contributed by atoms with Gasteiger partial charge in [0.25, 0.3) is 0 Å². The summed E-state index contributed by atoms with van der Waals surface area (Å²) in [6.07, 6.45) is 1.48. The molecule has 0 atom stereocenters. The number of rotatable bonds is 4. The number of nitrogens with zero attached hydrogens (tertiary/aromatic N) is 2. The van der Waals surface area contributed by atoms with Crippen molar-refractivity contribution in [1.29, 1.82) is 0 Å². The normalized spacial score (nSPS) is 10.6. The lowest BCUT2D eigenvalue weighted by atomic mass is 10.1. The van der Waals surface area contributed by atoms with E-state index in [1.807, 2.05) is 6.07 Å². The quantitative estimate of drug-likeness (QED) is 0.492. The number of phenolic OH excluding ortho intramolecular Hbond substituents is 2. The Morgan fingerprint density at radius 1 is 0.960 bits per heavy atom. The van der Waals surface area contributed by atoms with Crippen LogP contribution < -0.4 is 0 Å². The molecule has 0 aliphatic rings. The van der Waals surface area contributed by atoms with Crippen molar-refractivity contribution in [2.75, 3.05) is 0 Å². The first kappa shape index (κ1) is 17.2. The van der Waals surface area contributed by atoms with E-state index in [1.54, 1.807) is 30.3 Å². The molecule has 0 bridgehead atoms. The molecule has 0 aliphatic heterocycles. The zero-order valence-electron chi connectivity index (χ0n) is 12.9. The predicted octanol–water partition coefficient (Wildman–Crippen LogP) is 5.08. The Kier molecular flexibility index (Phi) is 4.88. The van der Waals surface area contributed by atoms with E-state index in [-0.39, 0.29) is 28.9 Å². The summed E-state index contributed by atoms with van der Waals surface area (Å²) in [6.45, 7) is 0.0762. The zero-order valence-corrected chi connectivity index (χ0v) is 14.4. The molecule has 7 heteroatoms. The van der Waals surface area contributed by atoms with Crippen LogP contribution in [0.4, 0.5) is 5.82 Å². The molecule has 0 saturated heterocycles. The van der Waals surface area contributed by atoms with E-state index in [0.29, 0.717) is 21.7 Å². The molecular weight excluding hydrogens is 363 g/mol. The Balaban J connectivity index is 1.84. The molecule has 3 rings (SSSR count). The highest BCUT2D eigenvalue weighted by atomic mass is 35.5. The summed E-state index contributed by atoms with van der Waals surface area (Å²) in [5.41, 5.74) is 1.81. The highest BCUT2D eigenvalue weighted by Crippen LogP contribution is 2.37. The standard InChI is InChI=1S/C18H12Cl2N2O3/c19-14-4-2-1-3-12(14)10-22(25)18-6-5-11(9-21-18)13-7-16(23)17(24)8-15(13)20/h1-9H,10H2,(H-,21,23,24,25)/p+1. The second kappa shape index (κ2) is 7.09. The van der Waals surface area contributed by atoms with Gasteiger partial charge in [-0.15, -0.1) is 0 Å². The molecule has 1 aromatic heterocycles. The Labute approximate surface area is 153 Å². The third kappa shape index (κ3) is 3.73. The maximum atomic E-state index is 12.3. The van der Waals surface area contributed by atoms with Crippen LogP contribution in [0.1, 0.15) is 5.56 Å². The van der Waals surface area contributed by atoms with Gasteiger partial charge in [-0.3, -0.25) is 0 Å². The van der Waals surface area contributed by atoms with Crippen molar-refractivity contribution in [3.05, 3.63) is 75.2 Å². The van der Waals surface area contributed by atoms with Gasteiger partial charge in [-0.25, -0.2) is 0 Å². The molecule has 2 aromatic carbocycles. The molecular formula is C18H13Cl2N2O3+. The molecule has 2 N–H and O–H groups in total. The molecule has 0 saturated carbocycles. The summed E-state index contributed by atoms with van der Waals surface area (Å²) >= 11 is 12.1. The van der Waals surface area contributed by atoms with Crippen molar-refractivity contribution in [3.8, 4) is 22.6 Å². The van der Waals surface area contributed by atoms with Gasteiger partial charge in [0.15, 0.2) is 18.0 Å². The molecule has 25 heavy (non-hydrogen) atoms. The fraction of sp³-hybridized carbons (Fsp3) is 0.0556. The maximum Gasteiger partial charge on any atom is 0.361 e. The van der Waals surface area contributed by atoms with Crippen molar-refractivity contribution in [2.45, 2.75) is 6.54 Å². The first-order valence-electron chi connectivity index (χ1n) is 7.31. The molecule has 0 radical (unpaired) electrons. The highest BCUT2D eigenvalue weighted by Gasteiger charge is 2.17. The van der Waals surface area contributed by atoms with Gasteiger partial charge in [-0.05, 0) is 27.9 Å². The average molecular weight is 376 g/mol. The fourth-order valence-electron chi connectivity index (χ4n) is 2.33. The molecule has 0 unspecified atom stereocenters. The van der Waals surface area contributed by atoms with Gasteiger partial charge in [0.1, 0.15) is 6.20 Å². The van der Waals surface area contributed by atoms with Gasteiger partial charge in [-0.2, -0.15) is 0 Å². The van der Waals surface area contributed by atoms with E-state index in [9.17, 15) is 15.1 Å². The van der Waals surface area contributed by atoms with Crippen molar-refractivity contribution >= 4 is 29.0 Å². The van der Waals surface area contributed by atoms with Crippen LogP contribution in [-0.4, -0.2) is 20.0 Å². The number of hydrogen-bond acceptors (Lipinski definition) is 4. The topological polar surface area (TPSA) is 73.4 Å². The summed E-state index contributed by atoms with van der Waals surface area (Å²) in [7, 11) is 0. The monoisotopic (exact) mass is 375 g/mol. The number of nitroso groups, excluding NO2 is 1. The number of halogens is 2. The van der Waals surface area contributed by atoms with E-state index in [4.69, 9.17) is 23.2 Å². The lowest BCUT2D eigenvalue weighted by Gasteiger charge is -2.05. The lowest BCUT2D eigenvalue weighted by Crippen LogP contribution is -2.03. The van der Waals surface area contributed by atoms with E-state index in [2.05, 4.69) is 4.98 Å². The van der Waals surface area contributed by atoms with Crippen LogP contribution in [-0.2, 0) is 6.54 Å². The van der Waals surface area contributed by atoms with E-state index >= 15 is 0 Å². The molecule has 3 aromatic rings. The number of pyridine rings is 1. The van der Waals surface area contributed by atoms with Crippen molar-refractivity contribution < 1.29 is 15.0 Å². The van der Waals surface area contributed by atoms with E-state index < -0.39 is 0 Å². The van der Waals surface area contributed by atoms with Gasteiger partial charge in [-0.1, -0.05) is 46.3 Å². The van der Waals surface area contributed by atoms with Crippen LogP contribution in [0.15, 0.2) is 54.7 Å². The largest absolute Gasteiger partial charge is 0.504 e. The van der Waals surface area contributed by atoms with Crippen molar-refractivity contribution in [2.24, 2.45) is 0 Å². The minimum Gasteiger partial charge on any atom is -0.504 e. The molecule has 0 amide bonds. The summed E-state index contributed by atoms with van der Waals surface area (Å²) in [5, 5.41) is 19.8. The summed E-state index contributed by atoms with van der Waals surface area (Å²) < 4.78 is 0.737. The minimum atomic E-state index is -0.302. The van der Waals surface area contributed by atoms with Crippen LogP contribution in [0.5, 0.6) is 11.5 Å². The van der Waals surface area contributed by atoms with Gasteiger partial charge in [0.2, 0.25) is 0 Å². The summed E-state index contributed by atoms with van der Waals surface area (Å²) in [6, 6.07) is 12.9. The van der Waals surface area contributed by atoms with Crippen molar-refractivity contribution in [3.63, 3.8) is 0 Å². The van der Waals surface area contributed by atoms with E-state index in [1.165, 1.54) is 18.3 Å². The second-order valence-corrected chi connectivity index (χ2v) is 6.17. The third-order valence-corrected chi connectivity index (χ3v) is 4.33. The van der Waals surface area contributed by atoms with Gasteiger partial charge >= 0.3 is 5.82 Å². The van der Waals surface area contributed by atoms with Gasteiger partial charge < -0.3 is 10.2 Å². The SMILES string of the molecule is O=[N+](Cc1ccccc1Cl)c1ccc(-c2cc(O)c(O)cc2Cl)cn1. The fourth-order valence-corrected chi connectivity index (χ4v) is 2.79. The number of hydrogen-bond donors (Lipinski definition) is 2. The molecule has 0 aliphatic carbocycles. The third-order valence-electron chi connectivity index (χ3n) is 3.65. The summed E-state index contributed by atoms with van der Waals surface area (Å²) in [4.78, 5) is 16.4. The molecule has 0 fully saturated rings. The zero-order chi connectivity index (χ0) is 18.0. The summed E-state index contributed by atoms with van der Waals surface area (Å²) in [5.74, 6) is -0.362. The highest BCUT2D eigenvalue weighted by molar-refractivity contribution is 6.33. The van der Waals surface area contributed by atoms with Crippen LogP contribution in [0, 0.1) is 4.91 Å². The number of phenols is 2. The predicted molar refractivity (Wildman–Crippen MR) is 96.5 cm³/mol. The van der Waals surface area contributed by atoms with E-state index in [0.717, 1.165) is 4.76 Å². The Morgan fingerprint density at radius 3 is 2.36 bits per heavy atom. The smallest absolute Gasteiger partial charge is 0.361 e. The van der Waals surface area contributed by atoms with Crippen LogP contribution in [0.3, 0.4) is 0 Å². The van der Waals surface area contributed by atoms with Gasteiger partial charge in [0.05, 0.1) is 5.02 Å². The number of benzene rings is 2. The van der Waals surface area contributed by atoms with Crippen LogP contribution in [0.25, 0.3) is 11.1 Å². The first-order valence-corrected chi connectivity index (χ1v) is 8.07. The molecule has 0 spiro atoms. The number of aromatic hydroxyl groups is 2. The van der Waals surface area contributed by atoms with Crippen molar-refractivity contribution in [1.82, 2.24) is 4.98 Å². The minimum absolute atomic E-state index is 0.0762. The lowest BCUT2D eigenvalue weighted by molar-refractivity contribution is -0.484. The van der Waals surface area contributed by atoms with Gasteiger partial charge in [0, 0.05) is 33.8 Å². The molecule has 5 nitrogen and oxygen atoms in total.